The Kier molecular flexibility index (Phi) is 13.1. The van der Waals surface area contributed by atoms with E-state index in [1.165, 1.54) is 24.3 Å². The fraction of sp³-hybridized carbons (Fsp3) is 0.154. The van der Waals surface area contributed by atoms with E-state index in [2.05, 4.69) is 20.5 Å². The summed E-state index contributed by atoms with van der Waals surface area (Å²) in [6.45, 7) is 8.00. The van der Waals surface area contributed by atoms with Crippen LogP contribution in [0.2, 0.25) is 0 Å². The molecule has 4 aromatic carbocycles. The van der Waals surface area contributed by atoms with Gasteiger partial charge in [0.05, 0.1) is 20.9 Å². The van der Waals surface area contributed by atoms with Crippen LogP contribution in [0.15, 0.2) is 101 Å². The van der Waals surface area contributed by atoms with Crippen LogP contribution in [0.4, 0.5) is 28.4 Å². The Balaban J connectivity index is 0.00000193. The summed E-state index contributed by atoms with van der Waals surface area (Å²) < 4.78 is 126. The van der Waals surface area contributed by atoms with Gasteiger partial charge in [-0.25, -0.2) is 0 Å². The highest BCUT2D eigenvalue weighted by atomic mass is 32.3. The Morgan fingerprint density at radius 1 is 0.542 bits per heavy atom. The van der Waals surface area contributed by atoms with E-state index >= 15 is 0 Å². The molecule has 0 aliphatic heterocycles. The zero-order chi connectivity index (χ0) is 36.8. The van der Waals surface area contributed by atoms with Crippen molar-refractivity contribution in [3.63, 3.8) is 0 Å². The Morgan fingerprint density at radius 3 is 1.40 bits per heavy atom. The molecule has 18 nitrogen and oxygen atoms in total. The van der Waals surface area contributed by atoms with Crippen LogP contribution in [0, 0.1) is 0 Å². The molecule has 0 radical (unpaired) electrons. The third-order valence-electron chi connectivity index (χ3n) is 5.71. The Morgan fingerprint density at radius 2 is 0.938 bits per heavy atom. The standard InChI is InChI=1S/C22H21N5O13S4.2C2H6/c23-19-18-11(9-16(43(35,36)37)20(19)26-24-12-5-1-3-7-14(12)41(29,30)31)10-17(44(38,39)40)21(22(18)28)27-25-13-6-2-4-8-15(13)42(32,33)34;2*1-2/h1-10,28,32-34,38-40H,23H2,(H,29,30,31)(H,35,36,37);2*1-2H3. The average Bonchev–Trinajstić information content (AvgIpc) is 3.00. The van der Waals surface area contributed by atoms with E-state index in [1.54, 1.807) is 0 Å². The number of phenolic OH excluding ortho intramolecular Hbond substituents is 1. The van der Waals surface area contributed by atoms with Crippen LogP contribution in [0.25, 0.3) is 10.8 Å². The van der Waals surface area contributed by atoms with Crippen molar-refractivity contribution < 1.29 is 58.4 Å². The van der Waals surface area contributed by atoms with E-state index in [-0.39, 0.29) is 5.69 Å². The monoisotopic (exact) mass is 751 g/mol. The van der Waals surface area contributed by atoms with Crippen molar-refractivity contribution in [2.45, 2.75) is 47.3 Å². The number of nitrogens with two attached hydrogens (primary N) is 1. The molecule has 0 bridgehead atoms. The maximum absolute atomic E-state index is 12.3. The number of phenols is 1. The SMILES string of the molecule is CC.CC.Nc1c(N=Nc2ccccc2S(=O)(=O)O)c(S(=O)(=O)O)cc2cc(S(O)(O)O)c(N=Nc3ccccc3S(O)(O)O)c(O)c12. The van der Waals surface area contributed by atoms with Crippen molar-refractivity contribution in [3.05, 3.63) is 60.7 Å². The van der Waals surface area contributed by atoms with Crippen LogP contribution < -0.4 is 5.73 Å². The van der Waals surface area contributed by atoms with Crippen LogP contribution in [-0.4, -0.2) is 58.4 Å². The van der Waals surface area contributed by atoms with Gasteiger partial charge in [0, 0.05) is 0 Å². The highest BCUT2D eigenvalue weighted by Gasteiger charge is 2.30. The van der Waals surface area contributed by atoms with Gasteiger partial charge in [-0.2, -0.15) is 16.8 Å². The lowest BCUT2D eigenvalue weighted by Gasteiger charge is -2.23. The topological polar surface area (TPSA) is 326 Å². The van der Waals surface area contributed by atoms with E-state index in [0.717, 1.165) is 30.3 Å². The average molecular weight is 752 g/mol. The molecule has 264 valence electrons. The van der Waals surface area contributed by atoms with Gasteiger partial charge in [0.25, 0.3) is 20.2 Å². The first-order valence-electron chi connectivity index (χ1n) is 13.3. The summed E-state index contributed by atoms with van der Waals surface area (Å²) in [5.74, 6) is -1.06. The van der Waals surface area contributed by atoms with E-state index in [4.69, 9.17) is 5.73 Å². The van der Waals surface area contributed by atoms with Crippen LogP contribution in [0.3, 0.4) is 0 Å². The molecular formula is C26H33N5O13S4. The number of nitrogen functional groups attached to an aromatic ring is 1. The van der Waals surface area contributed by atoms with E-state index in [9.17, 15) is 58.4 Å². The van der Waals surface area contributed by atoms with Gasteiger partial charge in [-0.3, -0.25) is 9.11 Å². The number of hydrogen-bond donors (Lipinski definition) is 10. The van der Waals surface area contributed by atoms with Gasteiger partial charge in [-0.15, -0.1) is 20.5 Å². The number of hydrogen-bond acceptors (Lipinski definition) is 16. The zero-order valence-electron chi connectivity index (χ0n) is 25.4. The maximum Gasteiger partial charge on any atom is 0.296 e. The highest BCUT2D eigenvalue weighted by molar-refractivity contribution is 8.19. The van der Waals surface area contributed by atoms with Crippen molar-refractivity contribution in [2.75, 3.05) is 5.73 Å². The van der Waals surface area contributed by atoms with Crippen molar-refractivity contribution >= 4 is 81.2 Å². The van der Waals surface area contributed by atoms with Gasteiger partial charge in [-0.1, -0.05) is 52.0 Å². The molecule has 0 aliphatic rings. The zero-order valence-corrected chi connectivity index (χ0v) is 28.7. The van der Waals surface area contributed by atoms with Gasteiger partial charge in [0.1, 0.15) is 54.3 Å². The van der Waals surface area contributed by atoms with E-state index in [1.807, 2.05) is 27.7 Å². The Labute approximate surface area is 278 Å². The summed E-state index contributed by atoms with van der Waals surface area (Å²) in [6.07, 6.45) is 0. The number of nitrogens with zero attached hydrogens (tertiary/aromatic N) is 4. The predicted molar refractivity (Wildman–Crippen MR) is 181 cm³/mol. The number of aromatic hydroxyl groups is 1. The Bertz CT molecular complexity index is 2080. The molecule has 4 rings (SSSR count). The molecule has 0 amide bonds. The van der Waals surface area contributed by atoms with Crippen LogP contribution in [-0.2, 0) is 20.2 Å². The molecule has 4 aromatic rings. The van der Waals surface area contributed by atoms with Gasteiger partial charge < -0.3 is 38.2 Å². The van der Waals surface area contributed by atoms with Gasteiger partial charge in [0.2, 0.25) is 0 Å². The minimum atomic E-state index is -5.20. The summed E-state index contributed by atoms with van der Waals surface area (Å²) in [4.78, 5) is -3.20. The first-order valence-corrected chi connectivity index (χ1v) is 19.2. The number of azo groups is 2. The molecule has 11 N–H and O–H groups in total. The number of benzene rings is 4. The summed E-state index contributed by atoms with van der Waals surface area (Å²) in [5, 5.41) is 24.8. The Hall–Kier alpha value is -3.78. The molecule has 22 heteroatoms. The number of fused-ring (bicyclic) bond motifs is 1. The molecule has 0 saturated heterocycles. The number of anilines is 1. The maximum atomic E-state index is 12.3. The smallest absolute Gasteiger partial charge is 0.296 e. The molecule has 0 unspecified atom stereocenters. The largest absolute Gasteiger partial charge is 0.505 e. The lowest BCUT2D eigenvalue weighted by molar-refractivity contribution is 0.373. The molecule has 0 heterocycles. The summed E-state index contributed by atoms with van der Waals surface area (Å²) in [6, 6.07) is 10.9. The highest BCUT2D eigenvalue weighted by Crippen LogP contribution is 2.57. The third-order valence-corrected chi connectivity index (χ3v) is 9.31. The lowest BCUT2D eigenvalue weighted by atomic mass is 10.1. The molecule has 0 aliphatic carbocycles. The molecule has 0 spiro atoms. The third kappa shape index (κ3) is 9.22. The molecule has 48 heavy (non-hydrogen) atoms. The fourth-order valence-electron chi connectivity index (χ4n) is 3.85. The quantitative estimate of drug-likeness (QED) is 0.0457. The molecule has 0 saturated carbocycles. The van der Waals surface area contributed by atoms with E-state index < -0.39 is 101 Å². The van der Waals surface area contributed by atoms with Crippen molar-refractivity contribution in [2.24, 2.45) is 20.5 Å². The second kappa shape index (κ2) is 15.6. The first kappa shape index (κ1) is 40.4. The molecule has 0 atom stereocenters. The summed E-state index contributed by atoms with van der Waals surface area (Å²) >= 11 is 0. The van der Waals surface area contributed by atoms with Crippen molar-refractivity contribution in [3.8, 4) is 5.75 Å². The predicted octanol–water partition coefficient (Wildman–Crippen LogP) is 8.67. The van der Waals surface area contributed by atoms with Gasteiger partial charge in [-0.05, 0) is 41.8 Å². The second-order valence-electron chi connectivity index (χ2n) is 8.63. The molecule has 0 fully saturated rings. The minimum Gasteiger partial charge on any atom is -0.505 e. The summed E-state index contributed by atoms with van der Waals surface area (Å²) in [7, 11) is -19.1. The molecule has 0 aromatic heterocycles. The van der Waals surface area contributed by atoms with Gasteiger partial charge >= 0.3 is 0 Å². The minimum absolute atomic E-state index is 0.364. The van der Waals surface area contributed by atoms with Crippen molar-refractivity contribution in [1.29, 1.82) is 0 Å². The first-order chi connectivity index (χ1) is 22.2. The molecular weight excluding hydrogens is 719 g/mol. The second-order valence-corrected chi connectivity index (χ2v) is 14.4. The lowest BCUT2D eigenvalue weighted by Crippen LogP contribution is -2.03. The fourth-order valence-corrected chi connectivity index (χ4v) is 6.48. The van der Waals surface area contributed by atoms with Crippen LogP contribution in [0.1, 0.15) is 27.7 Å². The number of rotatable bonds is 8. The van der Waals surface area contributed by atoms with E-state index in [0.29, 0.717) is 6.07 Å². The van der Waals surface area contributed by atoms with Crippen LogP contribution in [0.5, 0.6) is 5.75 Å². The normalized spacial score (nSPS) is 13.2. The van der Waals surface area contributed by atoms with Gasteiger partial charge in [0.15, 0.2) is 5.75 Å². The van der Waals surface area contributed by atoms with Crippen LogP contribution >= 0.6 is 21.7 Å². The van der Waals surface area contributed by atoms with Crippen molar-refractivity contribution in [1.82, 2.24) is 0 Å². The summed E-state index contributed by atoms with van der Waals surface area (Å²) in [5.41, 5.74) is 2.83.